The van der Waals surface area contributed by atoms with E-state index in [0.29, 0.717) is 6.54 Å². The van der Waals surface area contributed by atoms with E-state index in [4.69, 9.17) is 5.84 Å². The SMILES string of the molecule is CCCNC(=O)CCC(=O)NN. The zero-order valence-corrected chi connectivity index (χ0v) is 7.22. The lowest BCUT2D eigenvalue weighted by Crippen LogP contribution is -2.32. The summed E-state index contributed by atoms with van der Waals surface area (Å²) in [7, 11) is 0. The van der Waals surface area contributed by atoms with Gasteiger partial charge in [-0.05, 0) is 6.42 Å². The van der Waals surface area contributed by atoms with Gasteiger partial charge in [0, 0.05) is 19.4 Å². The molecule has 0 aliphatic carbocycles. The van der Waals surface area contributed by atoms with Crippen LogP contribution in [0.1, 0.15) is 26.2 Å². The number of rotatable bonds is 5. The van der Waals surface area contributed by atoms with Crippen LogP contribution in [0, 0.1) is 0 Å². The quantitative estimate of drug-likeness (QED) is 0.291. The first-order valence-corrected chi connectivity index (χ1v) is 3.96. The zero-order chi connectivity index (χ0) is 9.40. The van der Waals surface area contributed by atoms with Gasteiger partial charge in [0.25, 0.3) is 0 Å². The van der Waals surface area contributed by atoms with Crippen LogP contribution in [-0.4, -0.2) is 18.4 Å². The van der Waals surface area contributed by atoms with Gasteiger partial charge < -0.3 is 5.32 Å². The van der Waals surface area contributed by atoms with Gasteiger partial charge in [-0.2, -0.15) is 0 Å². The molecule has 0 saturated heterocycles. The Hall–Kier alpha value is -1.10. The molecule has 0 aliphatic heterocycles. The van der Waals surface area contributed by atoms with Crippen molar-refractivity contribution in [1.82, 2.24) is 10.7 Å². The number of carbonyl (C=O) groups excluding carboxylic acids is 2. The summed E-state index contributed by atoms with van der Waals surface area (Å²) >= 11 is 0. The molecule has 0 rings (SSSR count). The van der Waals surface area contributed by atoms with Crippen molar-refractivity contribution in [2.45, 2.75) is 26.2 Å². The molecule has 5 nitrogen and oxygen atoms in total. The van der Waals surface area contributed by atoms with Gasteiger partial charge in [-0.3, -0.25) is 15.0 Å². The maximum atomic E-state index is 10.9. The van der Waals surface area contributed by atoms with Crippen LogP contribution in [0.3, 0.4) is 0 Å². The number of nitrogens with one attached hydrogen (secondary N) is 2. The molecule has 0 radical (unpaired) electrons. The summed E-state index contributed by atoms with van der Waals surface area (Å²) < 4.78 is 0. The number of hydrazine groups is 1. The number of amides is 2. The topological polar surface area (TPSA) is 84.2 Å². The fourth-order valence-corrected chi connectivity index (χ4v) is 0.652. The molecule has 12 heavy (non-hydrogen) atoms. The van der Waals surface area contributed by atoms with Gasteiger partial charge in [-0.15, -0.1) is 0 Å². The summed E-state index contributed by atoms with van der Waals surface area (Å²) in [5, 5.41) is 2.65. The summed E-state index contributed by atoms with van der Waals surface area (Å²) in [4.78, 5) is 21.5. The molecule has 0 aliphatic rings. The van der Waals surface area contributed by atoms with Gasteiger partial charge in [-0.1, -0.05) is 6.92 Å². The zero-order valence-electron chi connectivity index (χ0n) is 7.22. The van der Waals surface area contributed by atoms with Crippen LogP contribution in [0.4, 0.5) is 0 Å². The third kappa shape index (κ3) is 5.67. The first kappa shape index (κ1) is 10.9. The number of nitrogens with two attached hydrogens (primary N) is 1. The molecule has 0 fully saturated rings. The van der Waals surface area contributed by atoms with Gasteiger partial charge in [0.05, 0.1) is 0 Å². The summed E-state index contributed by atoms with van der Waals surface area (Å²) in [6, 6.07) is 0. The van der Waals surface area contributed by atoms with Crippen molar-refractivity contribution in [3.63, 3.8) is 0 Å². The molecule has 0 unspecified atom stereocenters. The molecule has 0 saturated carbocycles. The van der Waals surface area contributed by atoms with E-state index in [0.717, 1.165) is 6.42 Å². The van der Waals surface area contributed by atoms with Crippen molar-refractivity contribution in [3.05, 3.63) is 0 Å². The van der Waals surface area contributed by atoms with Gasteiger partial charge in [0.2, 0.25) is 11.8 Å². The third-order valence-corrected chi connectivity index (χ3v) is 1.31. The smallest absolute Gasteiger partial charge is 0.234 e. The highest BCUT2D eigenvalue weighted by Gasteiger charge is 2.03. The van der Waals surface area contributed by atoms with Gasteiger partial charge >= 0.3 is 0 Å². The van der Waals surface area contributed by atoms with Gasteiger partial charge in [-0.25, -0.2) is 5.84 Å². The molecule has 0 aromatic rings. The number of hydrogen-bond donors (Lipinski definition) is 3. The third-order valence-electron chi connectivity index (χ3n) is 1.31. The monoisotopic (exact) mass is 173 g/mol. The largest absolute Gasteiger partial charge is 0.356 e. The fourth-order valence-electron chi connectivity index (χ4n) is 0.652. The fraction of sp³-hybridized carbons (Fsp3) is 0.714. The molecule has 2 amide bonds. The van der Waals surface area contributed by atoms with E-state index in [1.165, 1.54) is 0 Å². The molecule has 0 aromatic carbocycles. The second-order valence-corrected chi connectivity index (χ2v) is 2.42. The highest BCUT2D eigenvalue weighted by molar-refractivity contribution is 5.83. The van der Waals surface area contributed by atoms with E-state index in [1.807, 2.05) is 12.3 Å². The van der Waals surface area contributed by atoms with E-state index in [1.54, 1.807) is 0 Å². The lowest BCUT2D eigenvalue weighted by Gasteiger charge is -2.01. The van der Waals surface area contributed by atoms with Crippen LogP contribution < -0.4 is 16.6 Å². The Kier molecular flexibility index (Phi) is 6.00. The standard InChI is InChI=1S/C7H15N3O2/c1-2-5-9-6(11)3-4-7(12)10-8/h2-5,8H2,1H3,(H,9,11)(H,10,12). The highest BCUT2D eigenvalue weighted by Crippen LogP contribution is 1.87. The Morgan fingerprint density at radius 3 is 2.33 bits per heavy atom. The second kappa shape index (κ2) is 6.60. The van der Waals surface area contributed by atoms with Crippen molar-refractivity contribution in [3.8, 4) is 0 Å². The molecule has 70 valence electrons. The maximum Gasteiger partial charge on any atom is 0.234 e. The average Bonchev–Trinajstić information content (AvgIpc) is 2.10. The molecule has 4 N–H and O–H groups in total. The normalized spacial score (nSPS) is 9.17. The highest BCUT2D eigenvalue weighted by atomic mass is 16.2. The van der Waals surface area contributed by atoms with Crippen LogP contribution in [0.15, 0.2) is 0 Å². The minimum atomic E-state index is -0.318. The maximum absolute atomic E-state index is 10.9. The molecular weight excluding hydrogens is 158 g/mol. The average molecular weight is 173 g/mol. The van der Waals surface area contributed by atoms with Gasteiger partial charge in [0.1, 0.15) is 0 Å². The van der Waals surface area contributed by atoms with Crippen molar-refractivity contribution < 1.29 is 9.59 Å². The predicted octanol–water partition coefficient (Wildman–Crippen LogP) is -0.717. The van der Waals surface area contributed by atoms with Crippen LogP contribution in [0.25, 0.3) is 0 Å². The van der Waals surface area contributed by atoms with E-state index < -0.39 is 0 Å². The van der Waals surface area contributed by atoms with Crippen molar-refractivity contribution in [1.29, 1.82) is 0 Å². The van der Waals surface area contributed by atoms with Gasteiger partial charge in [0.15, 0.2) is 0 Å². The Morgan fingerprint density at radius 2 is 1.83 bits per heavy atom. The first-order valence-electron chi connectivity index (χ1n) is 3.96. The van der Waals surface area contributed by atoms with Crippen molar-refractivity contribution >= 4 is 11.8 Å². The first-order chi connectivity index (χ1) is 5.70. The molecular formula is C7H15N3O2. The van der Waals surface area contributed by atoms with Crippen molar-refractivity contribution in [2.75, 3.05) is 6.54 Å². The second-order valence-electron chi connectivity index (χ2n) is 2.42. The van der Waals surface area contributed by atoms with E-state index in [2.05, 4.69) is 5.32 Å². The molecule has 0 atom stereocenters. The minimum absolute atomic E-state index is 0.111. The number of carbonyl (C=O) groups is 2. The van der Waals surface area contributed by atoms with E-state index >= 15 is 0 Å². The molecule has 0 aromatic heterocycles. The van der Waals surface area contributed by atoms with E-state index in [-0.39, 0.29) is 24.7 Å². The molecule has 0 spiro atoms. The van der Waals surface area contributed by atoms with Crippen LogP contribution in [-0.2, 0) is 9.59 Å². The predicted molar refractivity (Wildman–Crippen MR) is 44.9 cm³/mol. The molecule has 5 heteroatoms. The summed E-state index contributed by atoms with van der Waals surface area (Å²) in [5.74, 6) is 4.40. The van der Waals surface area contributed by atoms with Crippen LogP contribution in [0.5, 0.6) is 0 Å². The summed E-state index contributed by atoms with van der Waals surface area (Å²) in [6.07, 6.45) is 1.24. The minimum Gasteiger partial charge on any atom is -0.356 e. The lowest BCUT2D eigenvalue weighted by molar-refractivity contribution is -0.126. The Bertz CT molecular complexity index is 159. The Balaban J connectivity index is 3.37. The Labute approximate surface area is 71.7 Å². The summed E-state index contributed by atoms with van der Waals surface area (Å²) in [6.45, 7) is 2.62. The molecule has 0 heterocycles. The summed E-state index contributed by atoms with van der Waals surface area (Å²) in [5.41, 5.74) is 1.96. The Morgan fingerprint density at radius 1 is 1.25 bits per heavy atom. The van der Waals surface area contributed by atoms with E-state index in [9.17, 15) is 9.59 Å². The van der Waals surface area contributed by atoms with Crippen molar-refractivity contribution in [2.24, 2.45) is 5.84 Å². The molecule has 0 bridgehead atoms. The van der Waals surface area contributed by atoms with Crippen LogP contribution in [0.2, 0.25) is 0 Å². The lowest BCUT2D eigenvalue weighted by atomic mass is 10.3. The number of hydrogen-bond acceptors (Lipinski definition) is 3. The van der Waals surface area contributed by atoms with Crippen LogP contribution >= 0.6 is 0 Å².